The first-order valence-corrected chi connectivity index (χ1v) is 7.46. The number of benzene rings is 1. The Balaban J connectivity index is 1.99. The van der Waals surface area contributed by atoms with Crippen molar-refractivity contribution in [1.29, 1.82) is 0 Å². The average Bonchev–Trinajstić information content (AvgIpc) is 2.36. The highest BCUT2D eigenvalue weighted by molar-refractivity contribution is 5.91. The van der Waals surface area contributed by atoms with E-state index in [-0.39, 0.29) is 17.1 Å². The van der Waals surface area contributed by atoms with Crippen molar-refractivity contribution < 1.29 is 23.8 Å². The zero-order chi connectivity index (χ0) is 16.5. The van der Waals surface area contributed by atoms with Gasteiger partial charge in [-0.05, 0) is 30.1 Å². The predicted octanol–water partition coefficient (Wildman–Crippen LogP) is 3.98. The zero-order valence-electron chi connectivity index (χ0n) is 13.5. The molecule has 1 aromatic rings. The second-order valence-corrected chi connectivity index (χ2v) is 7.00. The molecule has 0 aliphatic heterocycles. The Morgan fingerprint density at radius 3 is 2.45 bits per heavy atom. The van der Waals surface area contributed by atoms with Crippen LogP contribution < -0.4 is 9.47 Å². The van der Waals surface area contributed by atoms with Crippen LogP contribution in [0, 0.1) is 23.1 Å². The fraction of sp³-hybridized carbons (Fsp3) is 0.588. The van der Waals surface area contributed by atoms with E-state index in [4.69, 9.17) is 14.6 Å². The number of carboxylic acid groups (broad SMARTS) is 1. The fourth-order valence-electron chi connectivity index (χ4n) is 2.77. The third kappa shape index (κ3) is 3.51. The van der Waals surface area contributed by atoms with Crippen molar-refractivity contribution in [3.63, 3.8) is 0 Å². The van der Waals surface area contributed by atoms with E-state index in [2.05, 4.69) is 20.8 Å². The van der Waals surface area contributed by atoms with E-state index in [9.17, 15) is 9.18 Å². The summed E-state index contributed by atoms with van der Waals surface area (Å²) >= 11 is 0. The number of hydrogen-bond acceptors (Lipinski definition) is 3. The molecule has 0 bridgehead atoms. The molecule has 1 aromatic carbocycles. The van der Waals surface area contributed by atoms with Crippen LogP contribution >= 0.6 is 0 Å². The van der Waals surface area contributed by atoms with Crippen molar-refractivity contribution in [2.24, 2.45) is 17.3 Å². The molecule has 0 amide bonds. The first kappa shape index (κ1) is 16.6. The minimum atomic E-state index is -1.17. The van der Waals surface area contributed by atoms with Crippen LogP contribution in [0.25, 0.3) is 0 Å². The highest BCUT2D eigenvalue weighted by Gasteiger charge is 2.37. The Morgan fingerprint density at radius 1 is 1.32 bits per heavy atom. The van der Waals surface area contributed by atoms with E-state index >= 15 is 0 Å². The van der Waals surface area contributed by atoms with E-state index in [0.717, 1.165) is 18.9 Å². The monoisotopic (exact) mass is 310 g/mol. The molecule has 1 aliphatic rings. The number of aromatic carboxylic acids is 1. The summed E-state index contributed by atoms with van der Waals surface area (Å²) in [6, 6.07) is 2.24. The van der Waals surface area contributed by atoms with Gasteiger partial charge in [-0.25, -0.2) is 9.18 Å². The maximum Gasteiger partial charge on any atom is 0.339 e. The normalized spacial score (nSPS) is 21.1. The second-order valence-electron chi connectivity index (χ2n) is 7.00. The molecule has 1 fully saturated rings. The first-order chi connectivity index (χ1) is 10.2. The molecule has 1 aliphatic carbocycles. The lowest BCUT2D eigenvalue weighted by molar-refractivity contribution is 0.0442. The summed E-state index contributed by atoms with van der Waals surface area (Å²) < 4.78 is 24.3. The molecule has 22 heavy (non-hydrogen) atoms. The molecule has 0 heterocycles. The van der Waals surface area contributed by atoms with E-state index < -0.39 is 11.8 Å². The Labute approximate surface area is 130 Å². The van der Waals surface area contributed by atoms with Crippen molar-refractivity contribution in [2.75, 3.05) is 13.7 Å². The number of ether oxygens (including phenoxy) is 2. The molecule has 0 radical (unpaired) electrons. The van der Waals surface area contributed by atoms with Crippen LogP contribution in [0.2, 0.25) is 0 Å². The molecule has 1 N–H and O–H groups in total. The molecule has 0 atom stereocenters. The number of carboxylic acids is 1. The molecule has 0 aromatic heterocycles. The van der Waals surface area contributed by atoms with Gasteiger partial charge in [0.15, 0.2) is 11.6 Å². The van der Waals surface area contributed by atoms with Gasteiger partial charge in [0.1, 0.15) is 11.3 Å². The minimum Gasteiger partial charge on any atom is -0.496 e. The van der Waals surface area contributed by atoms with Gasteiger partial charge < -0.3 is 14.6 Å². The SMILES string of the molecule is COc1cc(F)c(OCC2CC(C(C)(C)C)C2)cc1C(=O)O. The van der Waals surface area contributed by atoms with E-state index in [1.54, 1.807) is 0 Å². The van der Waals surface area contributed by atoms with Gasteiger partial charge in [0.2, 0.25) is 0 Å². The number of rotatable bonds is 5. The third-order valence-corrected chi connectivity index (χ3v) is 4.42. The molecule has 2 rings (SSSR count). The predicted molar refractivity (Wildman–Crippen MR) is 81.1 cm³/mol. The largest absolute Gasteiger partial charge is 0.496 e. The first-order valence-electron chi connectivity index (χ1n) is 7.46. The molecule has 5 heteroatoms. The fourth-order valence-corrected chi connectivity index (χ4v) is 2.77. The van der Waals surface area contributed by atoms with Crippen LogP contribution in [0.3, 0.4) is 0 Å². The average molecular weight is 310 g/mol. The van der Waals surface area contributed by atoms with Gasteiger partial charge in [-0.15, -0.1) is 0 Å². The Morgan fingerprint density at radius 2 is 1.95 bits per heavy atom. The number of halogens is 1. The molecule has 0 saturated heterocycles. The van der Waals surface area contributed by atoms with E-state index in [1.807, 2.05) is 0 Å². The topological polar surface area (TPSA) is 55.8 Å². The number of methoxy groups -OCH3 is 1. The van der Waals surface area contributed by atoms with E-state index in [0.29, 0.717) is 23.9 Å². The molecule has 0 spiro atoms. The number of hydrogen-bond donors (Lipinski definition) is 1. The lowest BCUT2D eigenvalue weighted by Gasteiger charge is -2.43. The standard InChI is InChI=1S/C17H23FO4/c1-17(2,3)11-5-10(6-11)9-22-15-7-12(16(19)20)14(21-4)8-13(15)18/h7-8,10-11H,5-6,9H2,1-4H3,(H,19,20). The summed E-state index contributed by atoms with van der Waals surface area (Å²) in [7, 11) is 1.31. The maximum atomic E-state index is 13.9. The van der Waals surface area contributed by atoms with E-state index in [1.165, 1.54) is 13.2 Å². The van der Waals surface area contributed by atoms with Crippen LogP contribution in [0.1, 0.15) is 44.0 Å². The lowest BCUT2D eigenvalue weighted by Crippen LogP contribution is -2.36. The highest BCUT2D eigenvalue weighted by Crippen LogP contribution is 2.45. The van der Waals surface area contributed by atoms with Gasteiger partial charge in [-0.3, -0.25) is 0 Å². The quantitative estimate of drug-likeness (QED) is 0.893. The lowest BCUT2D eigenvalue weighted by atomic mass is 9.63. The smallest absolute Gasteiger partial charge is 0.339 e. The van der Waals surface area contributed by atoms with Crippen molar-refractivity contribution in [3.8, 4) is 11.5 Å². The molecule has 122 valence electrons. The maximum absolute atomic E-state index is 13.9. The van der Waals surface area contributed by atoms with Crippen LogP contribution in [0.15, 0.2) is 12.1 Å². The Kier molecular flexibility index (Phi) is 4.63. The molecule has 4 nitrogen and oxygen atoms in total. The number of carbonyl (C=O) groups is 1. The van der Waals surface area contributed by atoms with Crippen molar-refractivity contribution in [2.45, 2.75) is 33.6 Å². The summed E-state index contributed by atoms with van der Waals surface area (Å²) in [5.41, 5.74) is 0.193. The Bertz CT molecular complexity index is 557. The van der Waals surface area contributed by atoms with Crippen LogP contribution in [0.4, 0.5) is 4.39 Å². The minimum absolute atomic E-state index is 0.00575. The van der Waals surface area contributed by atoms with Gasteiger partial charge >= 0.3 is 5.97 Å². The second kappa shape index (κ2) is 6.15. The summed E-state index contributed by atoms with van der Waals surface area (Å²) in [6.45, 7) is 7.07. The van der Waals surface area contributed by atoms with Crippen LogP contribution in [-0.2, 0) is 0 Å². The van der Waals surface area contributed by atoms with Gasteiger partial charge in [-0.2, -0.15) is 0 Å². The van der Waals surface area contributed by atoms with Gasteiger partial charge in [-0.1, -0.05) is 20.8 Å². The van der Waals surface area contributed by atoms with Gasteiger partial charge in [0.05, 0.1) is 13.7 Å². The van der Waals surface area contributed by atoms with Crippen LogP contribution in [0.5, 0.6) is 11.5 Å². The van der Waals surface area contributed by atoms with Crippen molar-refractivity contribution >= 4 is 5.97 Å². The molecular formula is C17H23FO4. The highest BCUT2D eigenvalue weighted by atomic mass is 19.1. The summed E-state index contributed by atoms with van der Waals surface area (Å²) in [5.74, 6) is -0.742. The molecular weight excluding hydrogens is 287 g/mol. The summed E-state index contributed by atoms with van der Waals surface area (Å²) in [5, 5.41) is 9.11. The van der Waals surface area contributed by atoms with Crippen molar-refractivity contribution in [1.82, 2.24) is 0 Å². The van der Waals surface area contributed by atoms with Crippen molar-refractivity contribution in [3.05, 3.63) is 23.5 Å². The Hall–Kier alpha value is -1.78. The molecule has 0 unspecified atom stereocenters. The van der Waals surface area contributed by atoms with Gasteiger partial charge in [0, 0.05) is 12.1 Å². The summed E-state index contributed by atoms with van der Waals surface area (Å²) in [6.07, 6.45) is 2.13. The zero-order valence-corrected chi connectivity index (χ0v) is 13.5. The third-order valence-electron chi connectivity index (χ3n) is 4.42. The van der Waals surface area contributed by atoms with Crippen LogP contribution in [-0.4, -0.2) is 24.8 Å². The van der Waals surface area contributed by atoms with Gasteiger partial charge in [0.25, 0.3) is 0 Å². The molecule has 1 saturated carbocycles. The summed E-state index contributed by atoms with van der Waals surface area (Å²) in [4.78, 5) is 11.1.